The van der Waals surface area contributed by atoms with Crippen LogP contribution < -0.4 is 10.1 Å². The van der Waals surface area contributed by atoms with Gasteiger partial charge < -0.3 is 10.1 Å². The van der Waals surface area contributed by atoms with Crippen LogP contribution in [0.2, 0.25) is 5.02 Å². The second-order valence-corrected chi connectivity index (χ2v) is 7.90. The van der Waals surface area contributed by atoms with Crippen molar-refractivity contribution in [3.63, 3.8) is 0 Å². The molecule has 27 heavy (non-hydrogen) atoms. The molecular weight excluding hydrogens is 382 g/mol. The van der Waals surface area contributed by atoms with E-state index in [1.165, 1.54) is 28.7 Å². The zero-order chi connectivity index (χ0) is 19.4. The van der Waals surface area contributed by atoms with E-state index in [-0.39, 0.29) is 10.9 Å². The van der Waals surface area contributed by atoms with Gasteiger partial charge in [0.05, 0.1) is 22.2 Å². The van der Waals surface area contributed by atoms with Crippen LogP contribution in [-0.4, -0.2) is 12.0 Å². The number of carbonyl (C=O) groups excluding carboxylic acids is 1. The molecule has 0 aliphatic heterocycles. The molecule has 1 aliphatic rings. The topological polar surface area (TPSA) is 85.9 Å². The number of nitrogens with zero attached hydrogens (tertiary/aromatic N) is 2. The quantitative estimate of drug-likeness (QED) is 0.746. The number of ether oxygens (including phenoxy) is 1. The highest BCUT2D eigenvalue weighted by Crippen LogP contribution is 2.37. The molecule has 1 aromatic heterocycles. The number of hydrogen-bond acceptors (Lipinski definition) is 5. The summed E-state index contributed by atoms with van der Waals surface area (Å²) in [5, 5.41) is 22.1. The molecule has 0 unspecified atom stereocenters. The summed E-state index contributed by atoms with van der Waals surface area (Å²) in [6.45, 7) is 1.62. The number of fused-ring (bicyclic) bond motifs is 1. The van der Waals surface area contributed by atoms with Crippen LogP contribution in [0.3, 0.4) is 0 Å². The number of nitriles is 2. The standard InChI is InChI=1S/C20H18ClN3O2S/c1-12(26-17-8-7-13(10-22)9-16(17)21)19(25)24-20-15(11-23)14-5-3-2-4-6-18(14)27-20/h7-9,12H,2-6H2,1H3,(H,24,25)/t12-/m1/s1. The summed E-state index contributed by atoms with van der Waals surface area (Å²) in [6, 6.07) is 8.89. The second kappa shape index (κ2) is 8.43. The number of rotatable bonds is 4. The van der Waals surface area contributed by atoms with Crippen molar-refractivity contribution in [3.05, 3.63) is 44.8 Å². The highest BCUT2D eigenvalue weighted by Gasteiger charge is 2.23. The van der Waals surface area contributed by atoms with Crippen LogP contribution in [0.25, 0.3) is 0 Å². The number of nitrogens with one attached hydrogen (secondary N) is 1. The van der Waals surface area contributed by atoms with Gasteiger partial charge in [0.15, 0.2) is 6.10 Å². The monoisotopic (exact) mass is 399 g/mol. The highest BCUT2D eigenvalue weighted by atomic mass is 35.5. The lowest BCUT2D eigenvalue weighted by molar-refractivity contribution is -0.122. The fourth-order valence-corrected chi connectivity index (χ4v) is 4.54. The van der Waals surface area contributed by atoms with E-state index in [0.29, 0.717) is 21.9 Å². The van der Waals surface area contributed by atoms with Crippen LogP contribution in [0.1, 0.15) is 47.8 Å². The van der Waals surface area contributed by atoms with Crippen LogP contribution in [0, 0.1) is 22.7 Å². The summed E-state index contributed by atoms with van der Waals surface area (Å²) in [5.74, 6) is -0.0101. The Balaban J connectivity index is 1.74. The van der Waals surface area contributed by atoms with E-state index < -0.39 is 6.10 Å². The summed E-state index contributed by atoms with van der Waals surface area (Å²) in [4.78, 5) is 13.8. The minimum atomic E-state index is -0.802. The molecule has 0 saturated carbocycles. The zero-order valence-corrected chi connectivity index (χ0v) is 16.4. The van der Waals surface area contributed by atoms with Gasteiger partial charge in [-0.1, -0.05) is 18.0 Å². The summed E-state index contributed by atoms with van der Waals surface area (Å²) < 4.78 is 5.64. The van der Waals surface area contributed by atoms with E-state index in [0.717, 1.165) is 31.2 Å². The highest BCUT2D eigenvalue weighted by molar-refractivity contribution is 7.16. The third kappa shape index (κ3) is 4.24. The normalized spacial score (nSPS) is 14.2. The van der Waals surface area contributed by atoms with E-state index in [1.807, 2.05) is 6.07 Å². The Labute approximate surface area is 167 Å². The van der Waals surface area contributed by atoms with Gasteiger partial charge in [-0.25, -0.2) is 0 Å². The first-order valence-electron chi connectivity index (χ1n) is 8.75. The molecule has 0 saturated heterocycles. The van der Waals surface area contributed by atoms with Crippen LogP contribution in [0.5, 0.6) is 5.75 Å². The van der Waals surface area contributed by atoms with Crippen LogP contribution in [0.15, 0.2) is 18.2 Å². The molecule has 138 valence electrons. The van der Waals surface area contributed by atoms with Crippen LogP contribution >= 0.6 is 22.9 Å². The van der Waals surface area contributed by atoms with E-state index >= 15 is 0 Å². The Kier molecular flexibility index (Phi) is 6.01. The van der Waals surface area contributed by atoms with Gasteiger partial charge in [0.25, 0.3) is 5.91 Å². The third-order valence-corrected chi connectivity index (χ3v) is 6.01. The van der Waals surface area contributed by atoms with Gasteiger partial charge in [0, 0.05) is 4.88 Å². The molecule has 3 rings (SSSR count). The maximum Gasteiger partial charge on any atom is 0.265 e. The average Bonchev–Trinajstić information content (AvgIpc) is 2.82. The van der Waals surface area contributed by atoms with Gasteiger partial charge >= 0.3 is 0 Å². The van der Waals surface area contributed by atoms with Crippen LogP contribution in [-0.2, 0) is 17.6 Å². The first-order valence-corrected chi connectivity index (χ1v) is 9.94. The van der Waals surface area contributed by atoms with E-state index in [4.69, 9.17) is 21.6 Å². The first-order chi connectivity index (χ1) is 13.0. The summed E-state index contributed by atoms with van der Waals surface area (Å²) in [7, 11) is 0. The van der Waals surface area contributed by atoms with Crippen LogP contribution in [0.4, 0.5) is 5.00 Å². The lowest BCUT2D eigenvalue weighted by atomic mass is 10.1. The minimum Gasteiger partial charge on any atom is -0.479 e. The molecule has 1 atom stereocenters. The van der Waals surface area contributed by atoms with Crippen molar-refractivity contribution in [2.75, 3.05) is 5.32 Å². The van der Waals surface area contributed by atoms with E-state index in [2.05, 4.69) is 11.4 Å². The molecule has 0 bridgehead atoms. The van der Waals surface area contributed by atoms with Gasteiger partial charge in [0.2, 0.25) is 0 Å². The molecule has 1 aliphatic carbocycles. The smallest absolute Gasteiger partial charge is 0.265 e. The van der Waals surface area contributed by atoms with Crippen molar-refractivity contribution in [3.8, 4) is 17.9 Å². The van der Waals surface area contributed by atoms with Crippen molar-refractivity contribution < 1.29 is 9.53 Å². The maximum absolute atomic E-state index is 12.6. The predicted octanol–water partition coefficient (Wildman–Crippen LogP) is 4.82. The van der Waals surface area contributed by atoms with Gasteiger partial charge in [-0.15, -0.1) is 11.3 Å². The first kappa shape index (κ1) is 19.2. The number of halogens is 1. The molecule has 1 amide bonds. The van der Waals surface area contributed by atoms with Crippen molar-refractivity contribution in [2.45, 2.75) is 45.1 Å². The number of amides is 1. The molecule has 2 aromatic rings. The molecule has 0 radical (unpaired) electrons. The molecular formula is C20H18ClN3O2S. The van der Waals surface area contributed by atoms with Gasteiger partial charge in [-0.2, -0.15) is 10.5 Å². The van der Waals surface area contributed by atoms with Crippen molar-refractivity contribution in [2.24, 2.45) is 0 Å². The number of benzene rings is 1. The fourth-order valence-electron chi connectivity index (χ4n) is 3.07. The fraction of sp³-hybridized carbons (Fsp3) is 0.350. The molecule has 1 aromatic carbocycles. The van der Waals surface area contributed by atoms with Gasteiger partial charge in [-0.3, -0.25) is 4.79 Å². The van der Waals surface area contributed by atoms with Crippen molar-refractivity contribution >= 4 is 33.8 Å². The number of aryl methyl sites for hydroxylation is 1. The number of hydrogen-bond donors (Lipinski definition) is 1. The predicted molar refractivity (Wildman–Crippen MR) is 105 cm³/mol. The Bertz CT molecular complexity index is 955. The molecule has 0 spiro atoms. The van der Waals surface area contributed by atoms with E-state index in [1.54, 1.807) is 19.1 Å². The number of thiophene rings is 1. The lowest BCUT2D eigenvalue weighted by Gasteiger charge is -2.15. The van der Waals surface area contributed by atoms with Crippen molar-refractivity contribution in [1.29, 1.82) is 10.5 Å². The van der Waals surface area contributed by atoms with Gasteiger partial charge in [-0.05, 0) is 56.4 Å². The lowest BCUT2D eigenvalue weighted by Crippen LogP contribution is -2.30. The largest absolute Gasteiger partial charge is 0.479 e. The Morgan fingerprint density at radius 3 is 2.74 bits per heavy atom. The number of anilines is 1. The molecule has 1 N–H and O–H groups in total. The summed E-state index contributed by atoms with van der Waals surface area (Å²) >= 11 is 7.59. The maximum atomic E-state index is 12.6. The molecule has 7 heteroatoms. The Morgan fingerprint density at radius 2 is 2.04 bits per heavy atom. The average molecular weight is 400 g/mol. The summed E-state index contributed by atoms with van der Waals surface area (Å²) in [6.07, 6.45) is 4.40. The van der Waals surface area contributed by atoms with Gasteiger partial charge in [0.1, 0.15) is 16.8 Å². The second-order valence-electron chi connectivity index (χ2n) is 6.39. The third-order valence-electron chi connectivity index (χ3n) is 4.50. The SMILES string of the molecule is C[C@@H](Oc1ccc(C#N)cc1Cl)C(=O)Nc1sc2c(c1C#N)CCCCC2. The minimum absolute atomic E-state index is 0.272. The Hall–Kier alpha value is -2.54. The molecule has 0 fully saturated rings. The zero-order valence-electron chi connectivity index (χ0n) is 14.8. The number of carbonyl (C=O) groups is 1. The Morgan fingerprint density at radius 1 is 1.26 bits per heavy atom. The van der Waals surface area contributed by atoms with Crippen molar-refractivity contribution in [1.82, 2.24) is 0 Å². The molecule has 1 heterocycles. The van der Waals surface area contributed by atoms with E-state index in [9.17, 15) is 10.1 Å². The molecule has 5 nitrogen and oxygen atoms in total. The summed E-state index contributed by atoms with van der Waals surface area (Å²) in [5.41, 5.74) is 2.08.